The topological polar surface area (TPSA) is 51.2 Å². The van der Waals surface area contributed by atoms with Gasteiger partial charge in [0.25, 0.3) is 0 Å². The number of carbonyl (C=O) groups excluding carboxylic acids is 3. The van der Waals surface area contributed by atoms with E-state index in [0.717, 1.165) is 30.5 Å². The molecular weight excluding hydrogens is 248 g/mol. The number of thioether (sulfide) groups is 1. The van der Waals surface area contributed by atoms with E-state index in [-0.39, 0.29) is 22.4 Å². The Morgan fingerprint density at radius 3 is 2.50 bits per heavy atom. The van der Waals surface area contributed by atoms with Crippen LogP contribution in [0, 0.1) is 11.8 Å². The number of hydrogen-bond acceptors (Lipinski definition) is 4. The molecule has 0 radical (unpaired) electrons. The van der Waals surface area contributed by atoms with E-state index in [0.29, 0.717) is 6.42 Å². The predicted molar refractivity (Wildman–Crippen MR) is 71.4 cm³/mol. The number of Topliss-reactive ketones (excluding diaryl/α,β-unsaturated/α-hetero) is 2. The molecule has 0 aromatic rings. The zero-order valence-corrected chi connectivity index (χ0v) is 11.5. The molecule has 1 atom stereocenters. The summed E-state index contributed by atoms with van der Waals surface area (Å²) in [6.45, 7) is 0. The van der Waals surface area contributed by atoms with E-state index < -0.39 is 5.92 Å². The van der Waals surface area contributed by atoms with Crippen molar-refractivity contribution in [2.45, 2.75) is 51.4 Å². The lowest BCUT2D eigenvalue weighted by molar-refractivity contribution is -0.134. The zero-order valence-electron chi connectivity index (χ0n) is 10.7. The highest BCUT2D eigenvalue weighted by molar-refractivity contribution is 8.15. The SMILES string of the molecule is O=C(CCCC1CCCCC1)C1C(=O)CSC1=O. The van der Waals surface area contributed by atoms with E-state index in [4.69, 9.17) is 0 Å². The van der Waals surface area contributed by atoms with Crippen molar-refractivity contribution in [3.8, 4) is 0 Å². The summed E-state index contributed by atoms with van der Waals surface area (Å²) >= 11 is 0.994. The van der Waals surface area contributed by atoms with Crippen LogP contribution in [-0.4, -0.2) is 22.4 Å². The van der Waals surface area contributed by atoms with E-state index >= 15 is 0 Å². The fourth-order valence-electron chi connectivity index (χ4n) is 2.94. The first-order valence-corrected chi connectivity index (χ1v) is 7.89. The normalized spacial score (nSPS) is 25.7. The monoisotopic (exact) mass is 268 g/mol. The summed E-state index contributed by atoms with van der Waals surface area (Å²) in [6, 6.07) is 0. The van der Waals surface area contributed by atoms with Crippen molar-refractivity contribution in [3.63, 3.8) is 0 Å². The highest BCUT2D eigenvalue weighted by atomic mass is 32.2. The molecule has 0 bridgehead atoms. The van der Waals surface area contributed by atoms with E-state index in [9.17, 15) is 14.4 Å². The Bertz CT molecular complexity index is 329. The van der Waals surface area contributed by atoms with Crippen molar-refractivity contribution in [3.05, 3.63) is 0 Å². The molecule has 1 saturated heterocycles. The van der Waals surface area contributed by atoms with Crippen LogP contribution in [0.5, 0.6) is 0 Å². The molecule has 0 spiro atoms. The molecule has 2 rings (SSSR count). The third-order valence-corrected chi connectivity index (χ3v) is 4.95. The zero-order chi connectivity index (χ0) is 13.0. The molecule has 1 aliphatic carbocycles. The Labute approximate surface area is 112 Å². The molecule has 1 aliphatic heterocycles. The van der Waals surface area contributed by atoms with E-state index in [1.54, 1.807) is 0 Å². The van der Waals surface area contributed by atoms with E-state index in [1.165, 1.54) is 32.1 Å². The fraction of sp³-hybridized carbons (Fsp3) is 0.786. The molecule has 1 unspecified atom stereocenters. The van der Waals surface area contributed by atoms with Crippen molar-refractivity contribution >= 4 is 28.4 Å². The summed E-state index contributed by atoms with van der Waals surface area (Å²) in [6.07, 6.45) is 8.86. The minimum atomic E-state index is -0.929. The van der Waals surface area contributed by atoms with Gasteiger partial charge in [-0.25, -0.2) is 0 Å². The van der Waals surface area contributed by atoms with Gasteiger partial charge in [-0.3, -0.25) is 14.4 Å². The molecule has 2 fully saturated rings. The first-order chi connectivity index (χ1) is 8.68. The summed E-state index contributed by atoms with van der Waals surface area (Å²) in [5, 5.41) is -0.234. The molecule has 0 aromatic carbocycles. The molecule has 1 saturated carbocycles. The maximum Gasteiger partial charge on any atom is 0.207 e. The Kier molecular flexibility index (Phi) is 4.98. The molecule has 18 heavy (non-hydrogen) atoms. The van der Waals surface area contributed by atoms with Crippen LogP contribution in [0.4, 0.5) is 0 Å². The standard InChI is InChI=1S/C14H20O3S/c15-11(13-12(16)9-18-14(13)17)8-4-7-10-5-2-1-3-6-10/h10,13H,1-9H2. The minimum Gasteiger partial charge on any atom is -0.298 e. The van der Waals surface area contributed by atoms with Gasteiger partial charge in [0.05, 0.1) is 5.75 Å². The van der Waals surface area contributed by atoms with Gasteiger partial charge >= 0.3 is 0 Å². The summed E-state index contributed by atoms with van der Waals surface area (Å²) in [4.78, 5) is 34.7. The van der Waals surface area contributed by atoms with Crippen LogP contribution in [-0.2, 0) is 14.4 Å². The Morgan fingerprint density at radius 1 is 1.17 bits per heavy atom. The van der Waals surface area contributed by atoms with Gasteiger partial charge in [-0.15, -0.1) is 0 Å². The molecule has 3 nitrogen and oxygen atoms in total. The molecule has 1 heterocycles. The van der Waals surface area contributed by atoms with Crippen molar-refractivity contribution < 1.29 is 14.4 Å². The van der Waals surface area contributed by atoms with Crippen LogP contribution in [0.25, 0.3) is 0 Å². The second-order valence-electron chi connectivity index (χ2n) is 5.37. The van der Waals surface area contributed by atoms with Crippen molar-refractivity contribution in [1.82, 2.24) is 0 Å². The van der Waals surface area contributed by atoms with Gasteiger partial charge in [0.1, 0.15) is 5.92 Å². The van der Waals surface area contributed by atoms with Gasteiger partial charge < -0.3 is 0 Å². The fourth-order valence-corrected chi connectivity index (χ4v) is 3.82. The number of hydrogen-bond donors (Lipinski definition) is 0. The van der Waals surface area contributed by atoms with Crippen molar-refractivity contribution in [1.29, 1.82) is 0 Å². The van der Waals surface area contributed by atoms with Crippen LogP contribution in [0.1, 0.15) is 51.4 Å². The van der Waals surface area contributed by atoms with Crippen LogP contribution in [0.3, 0.4) is 0 Å². The summed E-state index contributed by atoms with van der Waals surface area (Å²) in [5.74, 6) is -0.312. The Balaban J connectivity index is 1.71. The summed E-state index contributed by atoms with van der Waals surface area (Å²) in [5.41, 5.74) is 0. The lowest BCUT2D eigenvalue weighted by atomic mass is 9.85. The molecule has 0 amide bonds. The highest BCUT2D eigenvalue weighted by Crippen LogP contribution is 2.29. The van der Waals surface area contributed by atoms with E-state index in [2.05, 4.69) is 0 Å². The van der Waals surface area contributed by atoms with E-state index in [1.807, 2.05) is 0 Å². The van der Waals surface area contributed by atoms with Crippen LogP contribution >= 0.6 is 11.8 Å². The summed E-state index contributed by atoms with van der Waals surface area (Å²) in [7, 11) is 0. The second-order valence-corrected chi connectivity index (χ2v) is 6.35. The molecule has 4 heteroatoms. The molecule has 2 aliphatic rings. The Morgan fingerprint density at radius 2 is 1.89 bits per heavy atom. The van der Waals surface area contributed by atoms with Crippen molar-refractivity contribution in [2.75, 3.05) is 5.75 Å². The average Bonchev–Trinajstić information content (AvgIpc) is 2.70. The third kappa shape index (κ3) is 3.44. The molecule has 0 N–H and O–H groups in total. The van der Waals surface area contributed by atoms with Gasteiger partial charge in [0, 0.05) is 6.42 Å². The van der Waals surface area contributed by atoms with Crippen molar-refractivity contribution in [2.24, 2.45) is 11.8 Å². The van der Waals surface area contributed by atoms with Gasteiger partial charge in [-0.05, 0) is 12.3 Å². The molecular formula is C14H20O3S. The van der Waals surface area contributed by atoms with Gasteiger partial charge in [0.2, 0.25) is 5.12 Å². The van der Waals surface area contributed by atoms with Crippen LogP contribution in [0.2, 0.25) is 0 Å². The third-order valence-electron chi connectivity index (χ3n) is 4.00. The molecule has 100 valence electrons. The van der Waals surface area contributed by atoms with Crippen LogP contribution < -0.4 is 0 Å². The quantitative estimate of drug-likeness (QED) is 0.719. The Hall–Kier alpha value is -0.640. The maximum absolute atomic E-state index is 11.9. The maximum atomic E-state index is 11.9. The first kappa shape index (κ1) is 13.8. The lowest BCUT2D eigenvalue weighted by Gasteiger charge is -2.21. The molecule has 0 aromatic heterocycles. The minimum absolute atomic E-state index is 0.147. The van der Waals surface area contributed by atoms with Gasteiger partial charge in [-0.1, -0.05) is 50.3 Å². The summed E-state index contributed by atoms with van der Waals surface area (Å²) < 4.78 is 0. The number of carbonyl (C=O) groups is 3. The lowest BCUT2D eigenvalue weighted by Crippen LogP contribution is -2.25. The van der Waals surface area contributed by atoms with Gasteiger partial charge in [0.15, 0.2) is 11.6 Å². The smallest absolute Gasteiger partial charge is 0.207 e. The predicted octanol–water partition coefficient (Wildman–Crippen LogP) is 2.76. The van der Waals surface area contributed by atoms with Gasteiger partial charge in [-0.2, -0.15) is 0 Å². The number of rotatable bonds is 5. The largest absolute Gasteiger partial charge is 0.298 e. The second kappa shape index (κ2) is 6.50. The first-order valence-electron chi connectivity index (χ1n) is 6.90. The van der Waals surface area contributed by atoms with Crippen LogP contribution in [0.15, 0.2) is 0 Å². The highest BCUT2D eigenvalue weighted by Gasteiger charge is 2.38. The average molecular weight is 268 g/mol. The number of ketones is 2.